The van der Waals surface area contributed by atoms with Gasteiger partial charge >= 0.3 is 0 Å². The molecule has 0 aromatic carbocycles. The Morgan fingerprint density at radius 2 is 1.70 bits per heavy atom. The standard InChI is InChI=1S/C19H31N3O/c1-12(2)15(17(23)21-14(4)18(5)8-9-18)13(3)16(20-7)22-19(6)10-11-19/h14,22H,7-11H2,1-6H3,(H,21,23)/b16-13-. The highest BCUT2D eigenvalue weighted by Gasteiger charge is 2.43. The number of carbonyl (C=O) groups excluding carboxylic acids is 1. The molecule has 0 aromatic heterocycles. The van der Waals surface area contributed by atoms with E-state index in [1.54, 1.807) is 0 Å². The Bertz CT molecular complexity index is 573. The number of rotatable bonds is 7. The molecule has 0 aliphatic heterocycles. The molecule has 2 aliphatic carbocycles. The Labute approximate surface area is 140 Å². The van der Waals surface area contributed by atoms with Gasteiger partial charge in [0.1, 0.15) is 5.82 Å². The first-order valence-corrected chi connectivity index (χ1v) is 8.56. The summed E-state index contributed by atoms with van der Waals surface area (Å²) in [5.41, 5.74) is 2.96. The van der Waals surface area contributed by atoms with Gasteiger partial charge in [-0.3, -0.25) is 4.79 Å². The largest absolute Gasteiger partial charge is 0.365 e. The minimum absolute atomic E-state index is 0.00738. The maximum absolute atomic E-state index is 12.8. The molecule has 2 saturated carbocycles. The van der Waals surface area contributed by atoms with Crippen LogP contribution in [0.5, 0.6) is 0 Å². The van der Waals surface area contributed by atoms with E-state index in [1.807, 2.05) is 20.8 Å². The van der Waals surface area contributed by atoms with Gasteiger partial charge in [-0.15, -0.1) is 0 Å². The fourth-order valence-corrected chi connectivity index (χ4v) is 2.81. The van der Waals surface area contributed by atoms with E-state index in [-0.39, 0.29) is 22.9 Å². The maximum Gasteiger partial charge on any atom is 0.251 e. The van der Waals surface area contributed by atoms with Gasteiger partial charge in [0, 0.05) is 22.7 Å². The predicted molar refractivity (Wildman–Crippen MR) is 96.3 cm³/mol. The highest BCUT2D eigenvalue weighted by Crippen LogP contribution is 2.48. The third-order valence-corrected chi connectivity index (χ3v) is 5.47. The van der Waals surface area contributed by atoms with E-state index in [0.717, 1.165) is 35.4 Å². The van der Waals surface area contributed by atoms with Crippen molar-refractivity contribution in [3.63, 3.8) is 0 Å². The summed E-state index contributed by atoms with van der Waals surface area (Å²) in [6.45, 7) is 16.1. The van der Waals surface area contributed by atoms with Crippen LogP contribution in [0.1, 0.15) is 67.2 Å². The van der Waals surface area contributed by atoms with E-state index in [1.165, 1.54) is 12.8 Å². The number of hydrogen-bond donors (Lipinski definition) is 2. The van der Waals surface area contributed by atoms with Crippen LogP contribution < -0.4 is 10.6 Å². The van der Waals surface area contributed by atoms with Crippen molar-refractivity contribution >= 4 is 12.6 Å². The Kier molecular flexibility index (Phi) is 4.74. The van der Waals surface area contributed by atoms with Crippen LogP contribution in [0, 0.1) is 5.41 Å². The molecule has 0 saturated heterocycles. The Hall–Kier alpha value is -1.58. The highest BCUT2D eigenvalue weighted by molar-refractivity contribution is 5.98. The SMILES string of the molecule is C=N/C(NC1(C)CC1)=C(\C)C(C(=O)NC(C)C1(C)CC1)=C(C)C. The first-order valence-electron chi connectivity index (χ1n) is 8.56. The normalized spacial score (nSPS) is 22.3. The van der Waals surface area contributed by atoms with Gasteiger partial charge in [-0.25, -0.2) is 4.99 Å². The van der Waals surface area contributed by atoms with Crippen molar-refractivity contribution < 1.29 is 4.79 Å². The summed E-state index contributed by atoms with van der Waals surface area (Å²) in [6.07, 6.45) is 4.63. The van der Waals surface area contributed by atoms with Crippen LogP contribution in [0.3, 0.4) is 0 Å². The second-order valence-electron chi connectivity index (χ2n) is 8.04. The van der Waals surface area contributed by atoms with Gasteiger partial charge in [0.2, 0.25) is 0 Å². The number of aliphatic imine (C=N–C) groups is 1. The first kappa shape index (κ1) is 17.8. The van der Waals surface area contributed by atoms with Gasteiger partial charge in [0.05, 0.1) is 0 Å². The van der Waals surface area contributed by atoms with Crippen molar-refractivity contribution in [1.29, 1.82) is 0 Å². The fourth-order valence-electron chi connectivity index (χ4n) is 2.81. The second kappa shape index (κ2) is 6.14. The van der Waals surface area contributed by atoms with E-state index in [9.17, 15) is 4.79 Å². The molecule has 2 N–H and O–H groups in total. The molecular formula is C19H31N3O. The Balaban J connectivity index is 2.21. The zero-order chi connectivity index (χ0) is 17.4. The molecule has 1 unspecified atom stereocenters. The minimum atomic E-state index is -0.00738. The van der Waals surface area contributed by atoms with Crippen LogP contribution in [0.4, 0.5) is 0 Å². The molecule has 0 aromatic rings. The van der Waals surface area contributed by atoms with E-state index in [0.29, 0.717) is 0 Å². The van der Waals surface area contributed by atoms with Gasteiger partial charge in [-0.05, 0) is 72.4 Å². The highest BCUT2D eigenvalue weighted by atomic mass is 16.1. The van der Waals surface area contributed by atoms with Gasteiger partial charge in [0.25, 0.3) is 5.91 Å². The molecule has 4 heteroatoms. The van der Waals surface area contributed by atoms with Gasteiger partial charge in [-0.1, -0.05) is 12.5 Å². The zero-order valence-electron chi connectivity index (χ0n) is 15.5. The molecule has 0 spiro atoms. The topological polar surface area (TPSA) is 53.5 Å². The lowest BCUT2D eigenvalue weighted by atomic mass is 9.97. The summed E-state index contributed by atoms with van der Waals surface area (Å²) < 4.78 is 0. The zero-order valence-corrected chi connectivity index (χ0v) is 15.5. The monoisotopic (exact) mass is 317 g/mol. The van der Waals surface area contributed by atoms with E-state index in [2.05, 4.69) is 43.1 Å². The molecule has 2 fully saturated rings. The summed E-state index contributed by atoms with van der Waals surface area (Å²) in [5.74, 6) is 0.716. The summed E-state index contributed by atoms with van der Waals surface area (Å²) in [7, 11) is 0. The predicted octanol–water partition coefficient (Wildman–Crippen LogP) is 3.70. The van der Waals surface area contributed by atoms with Crippen molar-refractivity contribution in [2.24, 2.45) is 10.4 Å². The lowest BCUT2D eigenvalue weighted by Gasteiger charge is -2.23. The Morgan fingerprint density at radius 3 is 2.09 bits per heavy atom. The molecule has 0 heterocycles. The number of amides is 1. The lowest BCUT2D eigenvalue weighted by Crippen LogP contribution is -2.39. The maximum atomic E-state index is 12.8. The van der Waals surface area contributed by atoms with Gasteiger partial charge < -0.3 is 10.6 Å². The molecule has 2 aliphatic rings. The molecule has 0 bridgehead atoms. The van der Waals surface area contributed by atoms with Gasteiger partial charge in [-0.2, -0.15) is 0 Å². The molecule has 0 radical (unpaired) electrons. The summed E-state index contributed by atoms with van der Waals surface area (Å²) >= 11 is 0. The lowest BCUT2D eigenvalue weighted by molar-refractivity contribution is -0.118. The van der Waals surface area contributed by atoms with Crippen molar-refractivity contribution in [3.8, 4) is 0 Å². The number of carbonyl (C=O) groups is 1. The molecule has 2 rings (SSSR count). The Morgan fingerprint density at radius 1 is 1.13 bits per heavy atom. The van der Waals surface area contributed by atoms with E-state index < -0.39 is 0 Å². The molecule has 1 atom stereocenters. The molecule has 1 amide bonds. The van der Waals surface area contributed by atoms with Crippen molar-refractivity contribution in [2.75, 3.05) is 0 Å². The van der Waals surface area contributed by atoms with E-state index in [4.69, 9.17) is 0 Å². The number of hydrogen-bond acceptors (Lipinski definition) is 3. The molecule has 128 valence electrons. The summed E-state index contributed by atoms with van der Waals surface area (Å²) in [6, 6.07) is 0.186. The first-order chi connectivity index (χ1) is 10.6. The fraction of sp³-hybridized carbons (Fsp3) is 0.684. The van der Waals surface area contributed by atoms with Crippen LogP contribution in [0.2, 0.25) is 0 Å². The molecule has 4 nitrogen and oxygen atoms in total. The van der Waals surface area contributed by atoms with Crippen molar-refractivity contribution in [3.05, 3.63) is 22.5 Å². The third kappa shape index (κ3) is 4.04. The van der Waals surface area contributed by atoms with E-state index >= 15 is 0 Å². The summed E-state index contributed by atoms with van der Waals surface area (Å²) in [5, 5.41) is 6.62. The number of nitrogens with one attached hydrogen (secondary N) is 2. The van der Waals surface area contributed by atoms with Crippen LogP contribution >= 0.6 is 0 Å². The van der Waals surface area contributed by atoms with Crippen LogP contribution in [0.15, 0.2) is 27.5 Å². The van der Waals surface area contributed by atoms with Crippen LogP contribution in [-0.4, -0.2) is 24.2 Å². The summed E-state index contributed by atoms with van der Waals surface area (Å²) in [4.78, 5) is 17.0. The van der Waals surface area contributed by atoms with Gasteiger partial charge in [0.15, 0.2) is 0 Å². The van der Waals surface area contributed by atoms with Crippen LogP contribution in [0.25, 0.3) is 0 Å². The third-order valence-electron chi connectivity index (χ3n) is 5.47. The van der Waals surface area contributed by atoms with Crippen LogP contribution in [-0.2, 0) is 4.79 Å². The number of allylic oxidation sites excluding steroid dienone is 1. The average Bonchev–Trinajstić information content (AvgIpc) is 3.36. The molecule has 23 heavy (non-hydrogen) atoms. The van der Waals surface area contributed by atoms with Crippen molar-refractivity contribution in [1.82, 2.24) is 10.6 Å². The smallest absolute Gasteiger partial charge is 0.251 e. The average molecular weight is 317 g/mol. The minimum Gasteiger partial charge on any atom is -0.365 e. The second-order valence-corrected chi connectivity index (χ2v) is 8.04. The number of nitrogens with zero attached hydrogens (tertiary/aromatic N) is 1. The quantitative estimate of drug-likeness (QED) is 0.427. The molecular weight excluding hydrogens is 286 g/mol. The van der Waals surface area contributed by atoms with Crippen molar-refractivity contribution in [2.45, 2.75) is 78.8 Å².